The van der Waals surface area contributed by atoms with Gasteiger partial charge in [-0.3, -0.25) is 4.57 Å². The molecule has 1 saturated carbocycles. The number of benzene rings is 1. The van der Waals surface area contributed by atoms with Crippen LogP contribution in [0, 0.1) is 6.57 Å². The summed E-state index contributed by atoms with van der Waals surface area (Å²) in [5.41, 5.74) is -2.31. The molecule has 0 spiro atoms. The summed E-state index contributed by atoms with van der Waals surface area (Å²) in [7, 11) is 0. The molecule has 2 aromatic rings. The quantitative estimate of drug-likeness (QED) is 0.573. The van der Waals surface area contributed by atoms with Gasteiger partial charge in [0.15, 0.2) is 5.69 Å². The van der Waals surface area contributed by atoms with Gasteiger partial charge in [-0.1, -0.05) is 6.07 Å². The normalized spacial score (nSPS) is 26.8. The fourth-order valence-corrected chi connectivity index (χ4v) is 4.65. The average Bonchev–Trinajstić information content (AvgIpc) is 3.18. The average molecular weight is 404 g/mol. The maximum Gasteiger partial charge on any atom is 0.407 e. The Morgan fingerprint density at radius 1 is 1.27 bits per heavy atom. The van der Waals surface area contributed by atoms with E-state index in [1.54, 1.807) is 0 Å². The zero-order valence-electron chi connectivity index (χ0n) is 12.8. The van der Waals surface area contributed by atoms with E-state index in [0.717, 1.165) is 10.6 Å². The summed E-state index contributed by atoms with van der Waals surface area (Å²) in [6.07, 6.45) is -4.26. The summed E-state index contributed by atoms with van der Waals surface area (Å²) in [6.45, 7) is 6.88. The second-order valence-electron chi connectivity index (χ2n) is 6.31. The molecule has 10 heteroatoms. The van der Waals surface area contributed by atoms with Crippen molar-refractivity contribution in [3.05, 3.63) is 51.4 Å². The molecule has 2 unspecified atom stereocenters. The zero-order chi connectivity index (χ0) is 19.0. The van der Waals surface area contributed by atoms with Crippen LogP contribution in [0.5, 0.6) is 5.88 Å². The molecule has 136 valence electrons. The summed E-state index contributed by atoms with van der Waals surface area (Å²) in [5, 5.41) is 9.55. The van der Waals surface area contributed by atoms with Crippen LogP contribution in [0.25, 0.3) is 10.5 Å². The van der Waals surface area contributed by atoms with Crippen LogP contribution in [-0.4, -0.2) is 25.0 Å². The molecule has 5 nitrogen and oxygen atoms in total. The number of alkyl halides is 5. The van der Waals surface area contributed by atoms with E-state index in [4.69, 9.17) is 29.8 Å². The smallest absolute Gasteiger partial charge is 0.407 e. The molecule has 1 aliphatic carbocycles. The van der Waals surface area contributed by atoms with Crippen LogP contribution in [-0.2, 0) is 6.18 Å². The zero-order valence-corrected chi connectivity index (χ0v) is 14.3. The van der Waals surface area contributed by atoms with E-state index < -0.39 is 45.8 Å². The molecule has 0 radical (unpaired) electrons. The first kappa shape index (κ1) is 17.3. The second-order valence-corrected chi connectivity index (χ2v) is 7.31. The van der Waals surface area contributed by atoms with Crippen LogP contribution >= 0.6 is 23.2 Å². The molecule has 4 rings (SSSR count). The molecular weight excluding hydrogens is 394 g/mol. The van der Waals surface area contributed by atoms with Crippen LogP contribution in [0.1, 0.15) is 29.6 Å². The number of rotatable bonds is 1. The largest absolute Gasteiger partial charge is 0.493 e. The maximum absolute atomic E-state index is 13.2. The Morgan fingerprint density at radius 2 is 1.96 bits per heavy atom. The molecule has 0 amide bonds. The van der Waals surface area contributed by atoms with Gasteiger partial charge in [-0.25, -0.2) is 14.2 Å². The summed E-state index contributed by atoms with van der Waals surface area (Å²) in [4.78, 5) is 15.6. The van der Waals surface area contributed by atoms with Crippen LogP contribution in [0.3, 0.4) is 0 Å². The molecule has 1 aromatic heterocycles. The molecule has 26 heavy (non-hydrogen) atoms. The monoisotopic (exact) mass is 403 g/mol. The van der Waals surface area contributed by atoms with Crippen molar-refractivity contribution in [1.82, 2.24) is 9.13 Å². The Hall–Kier alpha value is -2.11. The highest BCUT2D eigenvalue weighted by atomic mass is 35.5. The van der Waals surface area contributed by atoms with Gasteiger partial charge in [0.1, 0.15) is 0 Å². The molecule has 1 aromatic carbocycles. The first-order valence-electron chi connectivity index (χ1n) is 7.60. The highest BCUT2D eigenvalue weighted by Crippen LogP contribution is 2.55. The highest BCUT2D eigenvalue weighted by Gasteiger charge is 2.53. The van der Waals surface area contributed by atoms with E-state index in [0.29, 0.717) is 18.2 Å². The summed E-state index contributed by atoms with van der Waals surface area (Å²) in [6, 6.07) is 2.44. The molecule has 2 aliphatic rings. The number of fused-ring (bicyclic) bond motifs is 5. The van der Waals surface area contributed by atoms with Crippen molar-refractivity contribution in [1.29, 1.82) is 0 Å². The van der Waals surface area contributed by atoms with E-state index in [-0.39, 0.29) is 11.6 Å². The Morgan fingerprint density at radius 3 is 2.58 bits per heavy atom. The SMILES string of the molecule is [C-]#[N+]c1ccc(-n2c(O)c3n(c2=O)C2CC3[C@H](Cl)[C@H]2Cl)cc1C(F)(F)F. The molecular formula is C16H10Cl2F3N3O2. The van der Waals surface area contributed by atoms with E-state index in [1.807, 2.05) is 0 Å². The van der Waals surface area contributed by atoms with Gasteiger partial charge >= 0.3 is 11.9 Å². The number of aromatic hydroxyl groups is 1. The third-order valence-electron chi connectivity index (χ3n) is 5.00. The molecule has 1 fully saturated rings. The first-order valence-corrected chi connectivity index (χ1v) is 8.47. The lowest BCUT2D eigenvalue weighted by Crippen LogP contribution is -2.33. The van der Waals surface area contributed by atoms with Gasteiger partial charge in [0.25, 0.3) is 0 Å². The van der Waals surface area contributed by atoms with Gasteiger partial charge < -0.3 is 5.11 Å². The molecule has 1 N–H and O–H groups in total. The Labute approximate surface area is 155 Å². The van der Waals surface area contributed by atoms with Gasteiger partial charge in [0.05, 0.1) is 40.3 Å². The molecule has 4 atom stereocenters. The minimum Gasteiger partial charge on any atom is -0.493 e. The fourth-order valence-electron chi connectivity index (χ4n) is 3.87. The van der Waals surface area contributed by atoms with Crippen LogP contribution in [0.4, 0.5) is 18.9 Å². The van der Waals surface area contributed by atoms with E-state index in [2.05, 4.69) is 4.85 Å². The minimum absolute atomic E-state index is 0.175. The third-order valence-corrected chi connectivity index (χ3v) is 6.26. The number of halogens is 5. The van der Waals surface area contributed by atoms with E-state index >= 15 is 0 Å². The minimum atomic E-state index is -4.76. The Balaban J connectivity index is 1.93. The molecule has 0 saturated heterocycles. The standard InChI is InChI=1S/C16H10Cl2F3N3O2/c1-22-9-3-2-6(4-8(9)16(19,20)21)23-14(25)13-7-5-10(12(18)11(7)17)24(13)15(23)26/h2-4,7,10-12,25H,5H2/t7?,10?,11-,12-/m0/s1. The number of hydrogen-bond donors (Lipinski definition) is 1. The summed E-state index contributed by atoms with van der Waals surface area (Å²) >= 11 is 12.5. The summed E-state index contributed by atoms with van der Waals surface area (Å²) < 4.78 is 41.7. The second kappa shape index (κ2) is 5.44. The lowest BCUT2D eigenvalue weighted by Gasteiger charge is -2.22. The third kappa shape index (κ3) is 2.14. The van der Waals surface area contributed by atoms with Crippen LogP contribution in [0.15, 0.2) is 23.0 Å². The Kier molecular flexibility index (Phi) is 3.62. The van der Waals surface area contributed by atoms with Gasteiger partial charge in [-0.2, -0.15) is 13.2 Å². The fraction of sp³-hybridized carbons (Fsp3) is 0.375. The summed E-state index contributed by atoms with van der Waals surface area (Å²) in [5.74, 6) is -0.789. The van der Waals surface area contributed by atoms with Gasteiger partial charge in [0.2, 0.25) is 5.88 Å². The van der Waals surface area contributed by atoms with Crippen LogP contribution < -0.4 is 5.69 Å². The number of imidazole rings is 1. The number of aromatic nitrogens is 2. The van der Waals surface area contributed by atoms with Crippen molar-refractivity contribution in [3.63, 3.8) is 0 Å². The number of nitrogens with zero attached hydrogens (tertiary/aromatic N) is 3. The van der Waals surface area contributed by atoms with Crippen molar-refractivity contribution < 1.29 is 18.3 Å². The predicted octanol–water partition coefficient (Wildman–Crippen LogP) is 4.17. The topological polar surface area (TPSA) is 51.5 Å². The van der Waals surface area contributed by atoms with Crippen molar-refractivity contribution in [3.8, 4) is 11.6 Å². The van der Waals surface area contributed by atoms with Gasteiger partial charge in [0, 0.05) is 5.92 Å². The Bertz CT molecular complexity index is 1020. The van der Waals surface area contributed by atoms with Gasteiger partial charge in [-0.15, -0.1) is 23.2 Å². The maximum atomic E-state index is 13.2. The van der Waals surface area contributed by atoms with Crippen molar-refractivity contribution in [2.45, 2.75) is 35.3 Å². The first-order chi connectivity index (χ1) is 12.2. The molecule has 2 heterocycles. The van der Waals surface area contributed by atoms with Gasteiger partial charge in [-0.05, 0) is 18.6 Å². The molecule has 1 aliphatic heterocycles. The lowest BCUT2D eigenvalue weighted by molar-refractivity contribution is -0.136. The number of hydrogen-bond acceptors (Lipinski definition) is 2. The van der Waals surface area contributed by atoms with Crippen molar-refractivity contribution >= 4 is 28.9 Å². The molecule has 2 bridgehead atoms. The lowest BCUT2D eigenvalue weighted by atomic mass is 10.1. The predicted molar refractivity (Wildman–Crippen MR) is 88.6 cm³/mol. The van der Waals surface area contributed by atoms with E-state index in [9.17, 15) is 23.1 Å². The van der Waals surface area contributed by atoms with Crippen molar-refractivity contribution in [2.75, 3.05) is 0 Å². The van der Waals surface area contributed by atoms with Crippen molar-refractivity contribution in [2.24, 2.45) is 0 Å². The highest BCUT2D eigenvalue weighted by molar-refractivity contribution is 6.31. The van der Waals surface area contributed by atoms with Crippen LogP contribution in [0.2, 0.25) is 0 Å². The van der Waals surface area contributed by atoms with E-state index in [1.165, 1.54) is 10.6 Å².